The fourth-order valence-corrected chi connectivity index (χ4v) is 3.31. The lowest BCUT2D eigenvalue weighted by Gasteiger charge is -2.42. The van der Waals surface area contributed by atoms with Gasteiger partial charge in [0.2, 0.25) is 0 Å². The highest BCUT2D eigenvalue weighted by molar-refractivity contribution is 5.81. The SMILES string of the molecule is CC(C)(C)OC(=O)N1CCC(CNC(=O)C(F)(F)F)(Cc2ccc(F)cc2)CC1. The number of benzene rings is 1. The van der Waals surface area contributed by atoms with Crippen molar-refractivity contribution < 1.29 is 31.9 Å². The minimum atomic E-state index is -4.96. The molecule has 1 aromatic carbocycles. The number of amides is 2. The van der Waals surface area contributed by atoms with Crippen LogP contribution >= 0.6 is 0 Å². The summed E-state index contributed by atoms with van der Waals surface area (Å²) in [6, 6.07) is 5.71. The molecule has 1 aliphatic rings. The van der Waals surface area contributed by atoms with E-state index < -0.39 is 35.0 Å². The second-order valence-corrected chi connectivity index (χ2v) is 8.45. The summed E-state index contributed by atoms with van der Waals surface area (Å²) in [5.41, 5.74) is -0.587. The van der Waals surface area contributed by atoms with Gasteiger partial charge < -0.3 is 15.0 Å². The first kappa shape index (κ1) is 23.0. The van der Waals surface area contributed by atoms with Gasteiger partial charge in [-0.05, 0) is 63.1 Å². The highest BCUT2D eigenvalue weighted by Gasteiger charge is 2.42. The van der Waals surface area contributed by atoms with Crippen LogP contribution in [-0.4, -0.2) is 48.3 Å². The second-order valence-electron chi connectivity index (χ2n) is 8.45. The minimum Gasteiger partial charge on any atom is -0.444 e. The van der Waals surface area contributed by atoms with E-state index in [1.165, 1.54) is 17.0 Å². The molecule has 0 aliphatic carbocycles. The van der Waals surface area contributed by atoms with Crippen LogP contribution in [0.2, 0.25) is 0 Å². The molecule has 1 N–H and O–H groups in total. The summed E-state index contributed by atoms with van der Waals surface area (Å²) in [5.74, 6) is -2.40. The predicted octanol–water partition coefficient (Wildman–Crippen LogP) is 4.06. The molecule has 162 valence electrons. The lowest BCUT2D eigenvalue weighted by molar-refractivity contribution is -0.174. The molecule has 0 spiro atoms. The summed E-state index contributed by atoms with van der Waals surface area (Å²) >= 11 is 0. The minimum absolute atomic E-state index is 0.190. The fraction of sp³-hybridized carbons (Fsp3) is 0.600. The summed E-state index contributed by atoms with van der Waals surface area (Å²) in [6.45, 7) is 5.64. The van der Waals surface area contributed by atoms with Crippen molar-refractivity contribution in [1.82, 2.24) is 10.2 Å². The Kier molecular flexibility index (Phi) is 6.80. The number of hydrogen-bond donors (Lipinski definition) is 1. The number of rotatable bonds is 4. The first-order chi connectivity index (χ1) is 13.3. The molecule has 0 saturated carbocycles. The molecule has 1 saturated heterocycles. The van der Waals surface area contributed by atoms with Gasteiger partial charge in [0.1, 0.15) is 11.4 Å². The van der Waals surface area contributed by atoms with Gasteiger partial charge in [0.25, 0.3) is 0 Å². The lowest BCUT2D eigenvalue weighted by atomic mass is 9.73. The van der Waals surface area contributed by atoms with Crippen LogP contribution in [0.15, 0.2) is 24.3 Å². The summed E-state index contributed by atoms with van der Waals surface area (Å²) < 4.78 is 56.3. The molecule has 1 fully saturated rings. The van der Waals surface area contributed by atoms with Crippen LogP contribution in [0.4, 0.5) is 22.4 Å². The molecule has 0 bridgehead atoms. The fourth-order valence-electron chi connectivity index (χ4n) is 3.31. The Morgan fingerprint density at radius 1 is 1.10 bits per heavy atom. The molecule has 1 aliphatic heterocycles. The number of carbonyl (C=O) groups excluding carboxylic acids is 2. The van der Waals surface area contributed by atoms with Crippen molar-refractivity contribution in [2.24, 2.45) is 5.41 Å². The van der Waals surface area contributed by atoms with Gasteiger partial charge in [0.15, 0.2) is 0 Å². The van der Waals surface area contributed by atoms with Crippen LogP contribution in [0.5, 0.6) is 0 Å². The molecule has 1 heterocycles. The van der Waals surface area contributed by atoms with E-state index in [0.717, 1.165) is 5.56 Å². The maximum absolute atomic E-state index is 13.2. The third-order valence-electron chi connectivity index (χ3n) is 4.85. The van der Waals surface area contributed by atoms with Gasteiger partial charge in [-0.2, -0.15) is 13.2 Å². The van der Waals surface area contributed by atoms with E-state index in [0.29, 0.717) is 19.3 Å². The molecule has 2 rings (SSSR count). The zero-order chi connectivity index (χ0) is 21.9. The van der Waals surface area contributed by atoms with Crippen molar-refractivity contribution in [3.63, 3.8) is 0 Å². The van der Waals surface area contributed by atoms with Crippen molar-refractivity contribution in [3.05, 3.63) is 35.6 Å². The van der Waals surface area contributed by atoms with E-state index in [2.05, 4.69) is 0 Å². The Bertz CT molecular complexity index is 719. The van der Waals surface area contributed by atoms with Crippen LogP contribution in [0.25, 0.3) is 0 Å². The smallest absolute Gasteiger partial charge is 0.444 e. The number of hydrogen-bond acceptors (Lipinski definition) is 3. The van der Waals surface area contributed by atoms with Gasteiger partial charge in [0.05, 0.1) is 0 Å². The Morgan fingerprint density at radius 2 is 1.66 bits per heavy atom. The molecular weight excluding hydrogens is 392 g/mol. The topological polar surface area (TPSA) is 58.6 Å². The summed E-state index contributed by atoms with van der Waals surface area (Å²) in [7, 11) is 0. The quantitative estimate of drug-likeness (QED) is 0.751. The average Bonchev–Trinajstić information content (AvgIpc) is 2.60. The number of nitrogens with zero attached hydrogens (tertiary/aromatic N) is 1. The number of piperidine rings is 1. The van der Waals surface area contributed by atoms with Gasteiger partial charge in [0, 0.05) is 19.6 Å². The normalized spacial score (nSPS) is 17.0. The Labute approximate surface area is 167 Å². The van der Waals surface area contributed by atoms with Crippen LogP contribution in [0, 0.1) is 11.2 Å². The average molecular weight is 418 g/mol. The third kappa shape index (κ3) is 6.90. The second kappa shape index (κ2) is 8.59. The largest absolute Gasteiger partial charge is 0.471 e. The molecule has 9 heteroatoms. The first-order valence-electron chi connectivity index (χ1n) is 9.37. The van der Waals surface area contributed by atoms with Gasteiger partial charge in [-0.3, -0.25) is 4.79 Å². The number of ether oxygens (including phenoxy) is 1. The van der Waals surface area contributed by atoms with Crippen molar-refractivity contribution in [1.29, 1.82) is 0 Å². The van der Waals surface area contributed by atoms with Crippen LogP contribution in [-0.2, 0) is 16.0 Å². The Hall–Kier alpha value is -2.32. The molecule has 0 unspecified atom stereocenters. The van der Waals surface area contributed by atoms with Crippen LogP contribution < -0.4 is 5.32 Å². The standard InChI is InChI=1S/C20H26F4N2O3/c1-18(2,3)29-17(28)26-10-8-19(9-11-26,13-25-16(27)20(22,23)24)12-14-4-6-15(21)7-5-14/h4-7H,8-13H2,1-3H3,(H,25,27). The van der Waals surface area contributed by atoms with Crippen molar-refractivity contribution >= 4 is 12.0 Å². The molecule has 1 aromatic rings. The number of nitrogens with one attached hydrogen (secondary N) is 1. The Balaban J connectivity index is 2.11. The highest BCUT2D eigenvalue weighted by atomic mass is 19.4. The number of likely N-dealkylation sites (tertiary alicyclic amines) is 1. The van der Waals surface area contributed by atoms with Gasteiger partial charge in [-0.25, -0.2) is 9.18 Å². The van der Waals surface area contributed by atoms with E-state index in [1.807, 2.05) is 5.32 Å². The predicted molar refractivity (Wildman–Crippen MR) is 98.6 cm³/mol. The summed E-state index contributed by atoms with van der Waals surface area (Å²) in [4.78, 5) is 25.1. The van der Waals surface area contributed by atoms with Crippen molar-refractivity contribution in [2.75, 3.05) is 19.6 Å². The molecular formula is C20H26F4N2O3. The zero-order valence-electron chi connectivity index (χ0n) is 16.7. The van der Waals surface area contributed by atoms with Crippen molar-refractivity contribution in [3.8, 4) is 0 Å². The lowest BCUT2D eigenvalue weighted by Crippen LogP contribution is -2.51. The van der Waals surface area contributed by atoms with E-state index in [4.69, 9.17) is 4.74 Å². The number of halogens is 4. The zero-order valence-corrected chi connectivity index (χ0v) is 16.7. The van der Waals surface area contributed by atoms with E-state index in [1.54, 1.807) is 32.9 Å². The van der Waals surface area contributed by atoms with E-state index in [9.17, 15) is 27.2 Å². The summed E-state index contributed by atoms with van der Waals surface area (Å²) in [6.07, 6.45) is -4.34. The molecule has 2 amide bonds. The molecule has 0 atom stereocenters. The highest BCUT2D eigenvalue weighted by Crippen LogP contribution is 2.35. The number of carbonyl (C=O) groups is 2. The van der Waals surface area contributed by atoms with Gasteiger partial charge >= 0.3 is 18.2 Å². The monoisotopic (exact) mass is 418 g/mol. The Morgan fingerprint density at radius 3 is 2.14 bits per heavy atom. The summed E-state index contributed by atoms with van der Waals surface area (Å²) in [5, 5.41) is 1.97. The maximum Gasteiger partial charge on any atom is 0.471 e. The molecule has 29 heavy (non-hydrogen) atoms. The van der Waals surface area contributed by atoms with Gasteiger partial charge in [-0.1, -0.05) is 12.1 Å². The maximum atomic E-state index is 13.2. The molecule has 5 nitrogen and oxygen atoms in total. The van der Waals surface area contributed by atoms with E-state index in [-0.39, 0.29) is 19.6 Å². The van der Waals surface area contributed by atoms with Crippen LogP contribution in [0.1, 0.15) is 39.2 Å². The van der Waals surface area contributed by atoms with Crippen LogP contribution in [0.3, 0.4) is 0 Å². The first-order valence-corrected chi connectivity index (χ1v) is 9.37. The number of alkyl halides is 3. The van der Waals surface area contributed by atoms with Gasteiger partial charge in [-0.15, -0.1) is 0 Å². The van der Waals surface area contributed by atoms with Crippen molar-refractivity contribution in [2.45, 2.75) is 51.8 Å². The van der Waals surface area contributed by atoms with E-state index >= 15 is 0 Å². The third-order valence-corrected chi connectivity index (χ3v) is 4.85. The molecule has 0 radical (unpaired) electrons. The molecule has 0 aromatic heterocycles.